The van der Waals surface area contributed by atoms with Crippen LogP contribution in [0.4, 0.5) is 3.89 Å². The predicted octanol–water partition coefficient (Wildman–Crippen LogP) is 4.01. The van der Waals surface area contributed by atoms with Crippen LogP contribution in [0.5, 0.6) is 17.2 Å². The molecule has 1 fully saturated rings. The summed E-state index contributed by atoms with van der Waals surface area (Å²) in [5.41, 5.74) is 0.921. The molecule has 30 heavy (non-hydrogen) atoms. The molecule has 2 aromatic carbocycles. The second kappa shape index (κ2) is 6.45. The highest BCUT2D eigenvalue weighted by molar-refractivity contribution is 7.81. The Balaban J connectivity index is 1.73. The quantitative estimate of drug-likeness (QED) is 0.537. The van der Waals surface area contributed by atoms with E-state index in [1.807, 2.05) is 59.7 Å². The average molecular weight is 434 g/mol. The van der Waals surface area contributed by atoms with E-state index in [0.717, 1.165) is 11.0 Å². The van der Waals surface area contributed by atoms with Crippen LogP contribution >= 0.6 is 0 Å². The first-order valence-electron chi connectivity index (χ1n) is 9.66. The fourth-order valence-electron chi connectivity index (χ4n) is 3.77. The first-order chi connectivity index (χ1) is 13.7. The summed E-state index contributed by atoms with van der Waals surface area (Å²) in [5.74, 6) is 1.12. The van der Waals surface area contributed by atoms with Crippen molar-refractivity contribution in [3.8, 4) is 17.2 Å². The molecule has 2 aliphatic rings. The van der Waals surface area contributed by atoms with Crippen molar-refractivity contribution in [2.45, 2.75) is 58.2 Å². The number of hydrogen-bond acceptors (Lipinski definition) is 6. The summed E-state index contributed by atoms with van der Waals surface area (Å²) in [5, 5.41) is 0. The molecule has 0 unspecified atom stereocenters. The van der Waals surface area contributed by atoms with Crippen LogP contribution in [-0.4, -0.2) is 26.7 Å². The molecule has 0 aliphatic carbocycles. The van der Waals surface area contributed by atoms with Gasteiger partial charge in [0.1, 0.15) is 17.2 Å². The topological polar surface area (TPSA) is 71.1 Å². The summed E-state index contributed by atoms with van der Waals surface area (Å²) in [4.78, 5) is 0. The lowest BCUT2D eigenvalue weighted by Crippen LogP contribution is -2.41. The van der Waals surface area contributed by atoms with Crippen molar-refractivity contribution in [1.29, 1.82) is 0 Å². The van der Waals surface area contributed by atoms with Gasteiger partial charge in [0.2, 0.25) is 0 Å². The Morgan fingerprint density at radius 3 is 1.97 bits per heavy atom. The van der Waals surface area contributed by atoms with Gasteiger partial charge in [-0.1, -0.05) is 29.9 Å². The van der Waals surface area contributed by atoms with Gasteiger partial charge >= 0.3 is 17.6 Å². The van der Waals surface area contributed by atoms with Crippen molar-refractivity contribution in [3.63, 3.8) is 0 Å². The van der Waals surface area contributed by atoms with Gasteiger partial charge in [-0.3, -0.25) is 0 Å². The molecule has 160 valence electrons. The molecule has 0 spiro atoms. The van der Waals surface area contributed by atoms with E-state index in [0.29, 0.717) is 17.1 Å². The highest BCUT2D eigenvalue weighted by Crippen LogP contribution is 2.48. The molecule has 0 N–H and O–H groups in total. The molecular formula is C21H24BFO6S. The standard InChI is InChI=1S/C21H24BFO6S/c1-19(2)15-11-13(22-28-20(3,4)21(5,6)29-22)7-9-17(15)26-18-10-8-14(12-16(18)19)27-30(23,24)25/h7-12H,1-6H3. The van der Waals surface area contributed by atoms with E-state index in [1.165, 1.54) is 12.1 Å². The van der Waals surface area contributed by atoms with Crippen molar-refractivity contribution < 1.29 is 30.5 Å². The number of hydrogen-bond donors (Lipinski definition) is 0. The molecule has 2 aromatic rings. The third-order valence-corrected chi connectivity index (χ3v) is 6.63. The van der Waals surface area contributed by atoms with Gasteiger partial charge in [0, 0.05) is 16.5 Å². The number of fused-ring (bicyclic) bond motifs is 2. The highest BCUT2D eigenvalue weighted by Gasteiger charge is 2.52. The molecule has 4 rings (SSSR count). The molecule has 2 aliphatic heterocycles. The van der Waals surface area contributed by atoms with Crippen LogP contribution in [0.15, 0.2) is 36.4 Å². The maximum absolute atomic E-state index is 13.0. The summed E-state index contributed by atoms with van der Waals surface area (Å²) in [6.45, 7) is 11.9. The fraction of sp³-hybridized carbons (Fsp3) is 0.429. The molecule has 9 heteroatoms. The largest absolute Gasteiger partial charge is 0.494 e. The van der Waals surface area contributed by atoms with E-state index in [-0.39, 0.29) is 5.75 Å². The zero-order valence-electron chi connectivity index (χ0n) is 17.8. The molecule has 0 radical (unpaired) electrons. The van der Waals surface area contributed by atoms with Gasteiger partial charge in [0.05, 0.1) is 11.2 Å². The SMILES string of the molecule is CC1(C)c2cc(OS(=O)(=O)F)ccc2Oc2ccc(B3OC(C)(C)C(C)(C)O3)cc21. The van der Waals surface area contributed by atoms with Gasteiger partial charge in [-0.15, -0.1) is 0 Å². The van der Waals surface area contributed by atoms with Gasteiger partial charge in [-0.2, -0.15) is 8.42 Å². The van der Waals surface area contributed by atoms with E-state index in [2.05, 4.69) is 4.18 Å². The van der Waals surface area contributed by atoms with Gasteiger partial charge in [0.25, 0.3) is 0 Å². The van der Waals surface area contributed by atoms with E-state index in [1.54, 1.807) is 6.07 Å². The van der Waals surface area contributed by atoms with Crippen LogP contribution in [-0.2, 0) is 25.2 Å². The molecular weight excluding hydrogens is 410 g/mol. The lowest BCUT2D eigenvalue weighted by Gasteiger charge is -2.35. The Morgan fingerprint density at radius 2 is 1.40 bits per heavy atom. The van der Waals surface area contributed by atoms with Crippen LogP contribution in [0.3, 0.4) is 0 Å². The summed E-state index contributed by atoms with van der Waals surface area (Å²) >= 11 is 0. The van der Waals surface area contributed by atoms with Crippen LogP contribution in [0.2, 0.25) is 0 Å². The minimum Gasteiger partial charge on any atom is -0.457 e. The average Bonchev–Trinajstić information content (AvgIpc) is 2.82. The zero-order chi connectivity index (χ0) is 22.1. The van der Waals surface area contributed by atoms with Gasteiger partial charge in [0.15, 0.2) is 0 Å². The van der Waals surface area contributed by atoms with Crippen LogP contribution < -0.4 is 14.4 Å². The fourth-order valence-corrected chi connectivity index (χ4v) is 4.10. The van der Waals surface area contributed by atoms with E-state index in [9.17, 15) is 12.3 Å². The van der Waals surface area contributed by atoms with Gasteiger partial charge in [-0.05, 0) is 57.4 Å². The summed E-state index contributed by atoms with van der Waals surface area (Å²) in [6, 6.07) is 10.2. The van der Waals surface area contributed by atoms with Crippen molar-refractivity contribution in [2.75, 3.05) is 0 Å². The van der Waals surface area contributed by atoms with E-state index < -0.39 is 34.2 Å². The van der Waals surface area contributed by atoms with Gasteiger partial charge < -0.3 is 18.2 Å². The lowest BCUT2D eigenvalue weighted by atomic mass is 9.71. The Bertz CT molecular complexity index is 1110. The maximum Gasteiger partial charge on any atom is 0.494 e. The van der Waals surface area contributed by atoms with Crippen molar-refractivity contribution in [1.82, 2.24) is 0 Å². The van der Waals surface area contributed by atoms with E-state index >= 15 is 0 Å². The Labute approximate surface area is 176 Å². The Hall–Kier alpha value is -2.10. The third kappa shape index (κ3) is 3.48. The minimum atomic E-state index is -5.12. The van der Waals surface area contributed by atoms with Crippen LogP contribution in [0.1, 0.15) is 52.7 Å². The zero-order valence-corrected chi connectivity index (χ0v) is 18.6. The molecule has 6 nitrogen and oxygen atoms in total. The Kier molecular flexibility index (Phi) is 4.55. The number of benzene rings is 2. The normalized spacial score (nSPS) is 20.8. The number of rotatable bonds is 3. The van der Waals surface area contributed by atoms with Crippen LogP contribution in [0, 0.1) is 0 Å². The lowest BCUT2D eigenvalue weighted by molar-refractivity contribution is 0.00578. The maximum atomic E-state index is 13.0. The molecule has 0 amide bonds. The molecule has 0 atom stereocenters. The first kappa shape index (κ1) is 21.1. The molecule has 0 saturated carbocycles. The van der Waals surface area contributed by atoms with Crippen molar-refractivity contribution in [2.24, 2.45) is 0 Å². The summed E-state index contributed by atoms with van der Waals surface area (Å²) in [6.07, 6.45) is 0. The molecule has 2 heterocycles. The third-order valence-electron chi connectivity index (χ3n) is 6.24. The minimum absolute atomic E-state index is 0.113. The summed E-state index contributed by atoms with van der Waals surface area (Å²) in [7, 11) is -5.64. The van der Waals surface area contributed by atoms with E-state index in [4.69, 9.17) is 14.0 Å². The first-order valence-corrected chi connectivity index (χ1v) is 11.0. The second-order valence-corrected chi connectivity index (χ2v) is 10.2. The smallest absolute Gasteiger partial charge is 0.457 e. The molecule has 0 aromatic heterocycles. The van der Waals surface area contributed by atoms with Crippen LogP contribution in [0.25, 0.3) is 0 Å². The predicted molar refractivity (Wildman–Crippen MR) is 111 cm³/mol. The molecule has 0 bridgehead atoms. The van der Waals surface area contributed by atoms with Crippen molar-refractivity contribution >= 4 is 23.1 Å². The highest BCUT2D eigenvalue weighted by atomic mass is 32.3. The van der Waals surface area contributed by atoms with Crippen molar-refractivity contribution in [3.05, 3.63) is 47.5 Å². The second-order valence-electron chi connectivity index (χ2n) is 9.21. The number of halogens is 1. The van der Waals surface area contributed by atoms with Gasteiger partial charge in [-0.25, -0.2) is 0 Å². The Morgan fingerprint density at radius 1 is 0.867 bits per heavy atom. The monoisotopic (exact) mass is 434 g/mol. The molecule has 1 saturated heterocycles. The summed E-state index contributed by atoms with van der Waals surface area (Å²) < 4.78 is 57.5. The number of ether oxygens (including phenoxy) is 1.